The van der Waals surface area contributed by atoms with E-state index in [-0.39, 0.29) is 12.0 Å². The molecule has 0 saturated carbocycles. The molecule has 0 fully saturated rings. The molecule has 0 spiro atoms. The highest BCUT2D eigenvalue weighted by Crippen LogP contribution is 2.03. The Morgan fingerprint density at radius 2 is 2.25 bits per heavy atom. The molecule has 2 aromatic rings. The summed E-state index contributed by atoms with van der Waals surface area (Å²) in [5, 5.41) is 8.71. The maximum atomic E-state index is 11.9. The van der Waals surface area contributed by atoms with Crippen LogP contribution in [0.5, 0.6) is 0 Å². The molecule has 106 valence electrons. The number of pyridine rings is 1. The molecule has 0 atom stereocenters. The number of rotatable bonds is 6. The first-order valence-electron chi connectivity index (χ1n) is 6.51. The third-order valence-corrected chi connectivity index (χ3v) is 3.10. The van der Waals surface area contributed by atoms with Crippen LogP contribution in [0.4, 0.5) is 0 Å². The Bertz CT molecular complexity index is 666. The van der Waals surface area contributed by atoms with Gasteiger partial charge < -0.3 is 5.11 Å². The number of carbonyl (C=O) groups is 1. The molecule has 0 bridgehead atoms. The lowest BCUT2D eigenvalue weighted by atomic mass is 10.3. The quantitative estimate of drug-likeness (QED) is 0.851. The molecule has 20 heavy (non-hydrogen) atoms. The zero-order chi connectivity index (χ0) is 14.5. The highest BCUT2D eigenvalue weighted by Gasteiger charge is 2.09. The van der Waals surface area contributed by atoms with Gasteiger partial charge in [-0.2, -0.15) is 0 Å². The van der Waals surface area contributed by atoms with Crippen LogP contribution >= 0.6 is 0 Å². The normalized spacial score (nSPS) is 11.1. The lowest BCUT2D eigenvalue weighted by molar-refractivity contribution is -0.137. The molecule has 0 aliphatic carbocycles. The number of nitrogens with zero attached hydrogens (tertiary/aromatic N) is 3. The van der Waals surface area contributed by atoms with Gasteiger partial charge in [0.05, 0.1) is 12.1 Å². The van der Waals surface area contributed by atoms with Crippen molar-refractivity contribution in [2.24, 2.45) is 0 Å². The van der Waals surface area contributed by atoms with Crippen LogP contribution in [0.25, 0.3) is 5.65 Å². The Balaban J connectivity index is 2.20. The van der Waals surface area contributed by atoms with Crippen molar-refractivity contribution < 1.29 is 9.90 Å². The Morgan fingerprint density at radius 1 is 1.45 bits per heavy atom. The zero-order valence-corrected chi connectivity index (χ0v) is 11.3. The van der Waals surface area contributed by atoms with Crippen LogP contribution in [0.2, 0.25) is 0 Å². The zero-order valence-electron chi connectivity index (χ0n) is 11.3. The molecule has 0 unspecified atom stereocenters. The van der Waals surface area contributed by atoms with Gasteiger partial charge in [0.2, 0.25) is 0 Å². The molecule has 0 amide bonds. The van der Waals surface area contributed by atoms with Crippen molar-refractivity contribution in [1.82, 2.24) is 14.3 Å². The maximum absolute atomic E-state index is 11.9. The number of hydrogen-bond donors (Lipinski definition) is 1. The molecule has 2 aromatic heterocycles. The summed E-state index contributed by atoms with van der Waals surface area (Å²) >= 11 is 0. The molecule has 0 radical (unpaired) electrons. The molecule has 6 heteroatoms. The van der Waals surface area contributed by atoms with Crippen molar-refractivity contribution in [2.75, 3.05) is 13.1 Å². The predicted octanol–water partition coefficient (Wildman–Crippen LogP) is 0.991. The van der Waals surface area contributed by atoms with E-state index in [1.165, 1.54) is 10.5 Å². The van der Waals surface area contributed by atoms with Gasteiger partial charge in [-0.3, -0.25) is 18.9 Å². The van der Waals surface area contributed by atoms with Crippen LogP contribution in [0.1, 0.15) is 19.0 Å². The number of aliphatic carboxylic acids is 1. The van der Waals surface area contributed by atoms with Gasteiger partial charge in [0.15, 0.2) is 0 Å². The Kier molecular flexibility index (Phi) is 4.47. The van der Waals surface area contributed by atoms with Gasteiger partial charge in [-0.1, -0.05) is 13.0 Å². The van der Waals surface area contributed by atoms with Crippen LogP contribution in [0.15, 0.2) is 35.3 Å². The van der Waals surface area contributed by atoms with E-state index < -0.39 is 5.97 Å². The first kappa shape index (κ1) is 14.2. The van der Waals surface area contributed by atoms with Crippen molar-refractivity contribution in [3.8, 4) is 0 Å². The molecular weight excluding hydrogens is 258 g/mol. The standard InChI is InChI=1S/C14H17N3O3/c1-2-16(8-6-14(19)20)10-11-9-13(18)17-7-4-3-5-12(17)15-11/h3-5,7,9H,2,6,8,10H2,1H3,(H,19,20). The van der Waals surface area contributed by atoms with Gasteiger partial charge in [-0.15, -0.1) is 0 Å². The number of aromatic nitrogens is 2. The SMILES string of the molecule is CCN(CCC(=O)O)Cc1cc(=O)n2ccccc2n1. The summed E-state index contributed by atoms with van der Waals surface area (Å²) in [4.78, 5) is 28.9. The summed E-state index contributed by atoms with van der Waals surface area (Å²) in [5.74, 6) is -0.824. The average molecular weight is 275 g/mol. The summed E-state index contributed by atoms with van der Waals surface area (Å²) in [6.45, 7) is 3.59. The van der Waals surface area contributed by atoms with Crippen molar-refractivity contribution >= 4 is 11.6 Å². The Hall–Kier alpha value is -2.21. The molecule has 0 aliphatic rings. The summed E-state index contributed by atoms with van der Waals surface area (Å²) < 4.78 is 1.48. The molecule has 6 nitrogen and oxygen atoms in total. The number of fused-ring (bicyclic) bond motifs is 1. The van der Waals surface area contributed by atoms with Crippen molar-refractivity contribution in [2.45, 2.75) is 19.9 Å². The number of carboxylic acid groups (broad SMARTS) is 1. The van der Waals surface area contributed by atoms with E-state index in [1.54, 1.807) is 18.3 Å². The van der Waals surface area contributed by atoms with Gasteiger partial charge in [-0.05, 0) is 18.7 Å². The third-order valence-electron chi connectivity index (χ3n) is 3.10. The molecular formula is C14H17N3O3. The topological polar surface area (TPSA) is 74.9 Å². The van der Waals surface area contributed by atoms with Crippen molar-refractivity contribution in [3.05, 3.63) is 46.5 Å². The molecule has 2 heterocycles. The van der Waals surface area contributed by atoms with E-state index in [0.717, 1.165) is 0 Å². The second kappa shape index (κ2) is 6.29. The van der Waals surface area contributed by atoms with Gasteiger partial charge in [-0.25, -0.2) is 4.98 Å². The van der Waals surface area contributed by atoms with E-state index in [2.05, 4.69) is 4.98 Å². The van der Waals surface area contributed by atoms with E-state index >= 15 is 0 Å². The summed E-state index contributed by atoms with van der Waals surface area (Å²) in [6.07, 6.45) is 1.76. The Morgan fingerprint density at radius 3 is 2.95 bits per heavy atom. The van der Waals surface area contributed by atoms with E-state index in [1.807, 2.05) is 17.9 Å². The van der Waals surface area contributed by atoms with Gasteiger partial charge >= 0.3 is 5.97 Å². The van der Waals surface area contributed by atoms with Crippen LogP contribution in [0.3, 0.4) is 0 Å². The predicted molar refractivity (Wildman–Crippen MR) is 74.7 cm³/mol. The first-order valence-corrected chi connectivity index (χ1v) is 6.51. The van der Waals surface area contributed by atoms with Gasteiger partial charge in [0.25, 0.3) is 5.56 Å². The van der Waals surface area contributed by atoms with E-state index in [0.29, 0.717) is 31.0 Å². The largest absolute Gasteiger partial charge is 0.481 e. The van der Waals surface area contributed by atoms with Crippen LogP contribution in [0, 0.1) is 0 Å². The van der Waals surface area contributed by atoms with Crippen molar-refractivity contribution in [1.29, 1.82) is 0 Å². The van der Waals surface area contributed by atoms with Gasteiger partial charge in [0.1, 0.15) is 5.65 Å². The molecule has 0 saturated heterocycles. The van der Waals surface area contributed by atoms with E-state index in [4.69, 9.17) is 5.11 Å². The van der Waals surface area contributed by atoms with Crippen LogP contribution in [-0.4, -0.2) is 38.4 Å². The summed E-state index contributed by atoms with van der Waals surface area (Å²) in [7, 11) is 0. The lowest BCUT2D eigenvalue weighted by Crippen LogP contribution is -2.27. The number of hydrogen-bond acceptors (Lipinski definition) is 4. The minimum absolute atomic E-state index is 0.0837. The highest BCUT2D eigenvalue weighted by atomic mass is 16.4. The minimum atomic E-state index is -0.824. The third kappa shape index (κ3) is 3.42. The number of carboxylic acids is 1. The second-order valence-electron chi connectivity index (χ2n) is 4.53. The second-order valence-corrected chi connectivity index (χ2v) is 4.53. The average Bonchev–Trinajstić information content (AvgIpc) is 2.43. The molecule has 1 N–H and O–H groups in total. The minimum Gasteiger partial charge on any atom is -0.481 e. The van der Waals surface area contributed by atoms with E-state index in [9.17, 15) is 9.59 Å². The molecule has 0 aromatic carbocycles. The smallest absolute Gasteiger partial charge is 0.304 e. The summed E-state index contributed by atoms with van der Waals surface area (Å²) in [5.41, 5.74) is 1.14. The van der Waals surface area contributed by atoms with Crippen LogP contribution < -0.4 is 5.56 Å². The monoisotopic (exact) mass is 275 g/mol. The van der Waals surface area contributed by atoms with Gasteiger partial charge in [0, 0.05) is 25.4 Å². The van der Waals surface area contributed by atoms with Crippen LogP contribution in [-0.2, 0) is 11.3 Å². The first-order chi connectivity index (χ1) is 9.60. The fourth-order valence-corrected chi connectivity index (χ4v) is 2.02. The molecule has 2 rings (SSSR count). The fraction of sp³-hybridized carbons (Fsp3) is 0.357. The lowest BCUT2D eigenvalue weighted by Gasteiger charge is -2.18. The van der Waals surface area contributed by atoms with Crippen molar-refractivity contribution in [3.63, 3.8) is 0 Å². The molecule has 0 aliphatic heterocycles. The Labute approximate surface area is 116 Å². The fourth-order valence-electron chi connectivity index (χ4n) is 2.02. The maximum Gasteiger partial charge on any atom is 0.304 e. The summed E-state index contributed by atoms with van der Waals surface area (Å²) in [6, 6.07) is 6.88. The highest BCUT2D eigenvalue weighted by molar-refractivity contribution is 5.66.